The van der Waals surface area contributed by atoms with E-state index >= 15 is 0 Å². The molecule has 11 nitrogen and oxygen atoms in total. The van der Waals surface area contributed by atoms with Crippen molar-refractivity contribution >= 4 is 35.1 Å². The van der Waals surface area contributed by atoms with Crippen molar-refractivity contribution in [2.75, 3.05) is 23.8 Å². The number of nitrogens with zero attached hydrogens (tertiary/aromatic N) is 3. The van der Waals surface area contributed by atoms with E-state index in [2.05, 4.69) is 10.6 Å². The summed E-state index contributed by atoms with van der Waals surface area (Å²) in [5, 5.41) is 5.51. The van der Waals surface area contributed by atoms with Crippen molar-refractivity contribution in [3.63, 3.8) is 0 Å². The van der Waals surface area contributed by atoms with Gasteiger partial charge in [-0.15, -0.1) is 0 Å². The van der Waals surface area contributed by atoms with Gasteiger partial charge in [0, 0.05) is 33.5 Å². The Morgan fingerprint density at radius 3 is 1.45 bits per heavy atom. The Morgan fingerprint density at radius 1 is 0.684 bits per heavy atom. The molecule has 3 aromatic rings. The van der Waals surface area contributed by atoms with E-state index in [1.165, 1.54) is 16.7 Å². The van der Waals surface area contributed by atoms with Crippen molar-refractivity contribution in [3.05, 3.63) is 59.4 Å². The number of aryl methyl sites for hydroxylation is 2. The van der Waals surface area contributed by atoms with Gasteiger partial charge >= 0.3 is 11.9 Å². The molecule has 0 saturated carbocycles. The minimum atomic E-state index is -0.461. The van der Waals surface area contributed by atoms with Gasteiger partial charge < -0.3 is 33.8 Å². The third-order valence-corrected chi connectivity index (χ3v) is 5.99. The zero-order valence-corrected chi connectivity index (χ0v) is 22.5. The second-order valence-electron chi connectivity index (χ2n) is 9.00. The molecular formula is C27H35N5O6. The normalized spacial score (nSPS) is 10.8. The van der Waals surface area contributed by atoms with Crippen molar-refractivity contribution in [3.8, 4) is 0 Å². The maximum absolute atomic E-state index is 12.9. The first-order valence-corrected chi connectivity index (χ1v) is 12.6. The molecule has 0 bridgehead atoms. The summed E-state index contributed by atoms with van der Waals surface area (Å²) in [4.78, 5) is 50.4. The molecule has 38 heavy (non-hydrogen) atoms. The number of esters is 2. The lowest BCUT2D eigenvalue weighted by Crippen LogP contribution is -2.20. The lowest BCUT2D eigenvalue weighted by molar-refractivity contribution is 0.0479. The van der Waals surface area contributed by atoms with Gasteiger partial charge in [0.05, 0.1) is 24.6 Å². The quantitative estimate of drug-likeness (QED) is 0.271. The number of hydrogen-bond donors (Lipinski definition) is 2. The number of ether oxygens (including phenoxy) is 2. The number of carbonyl (C=O) groups excluding carboxylic acids is 4. The number of unbranched alkanes of at least 4 members (excludes halogenated alkanes) is 2. The standard InChI is InChI=1S/C27H35N5O6/c1-6-8-12-37-26(35)22-14-18(16-30(22)3)28-24(33)20-10-11-21(32(20)5)25(34)29-19-15-23(31(4)17-19)27(36)38-13-9-7-2/h10-11,14-17H,6-9,12-13H2,1-5H3,(H,28,33)(H,29,34). The first-order chi connectivity index (χ1) is 18.2. The number of rotatable bonds is 12. The number of hydrogen-bond acceptors (Lipinski definition) is 6. The van der Waals surface area contributed by atoms with Crippen LogP contribution in [0.2, 0.25) is 0 Å². The van der Waals surface area contributed by atoms with Crippen LogP contribution in [0.5, 0.6) is 0 Å². The molecule has 0 spiro atoms. The maximum Gasteiger partial charge on any atom is 0.355 e. The molecule has 3 heterocycles. The second kappa shape index (κ2) is 12.8. The van der Waals surface area contributed by atoms with Gasteiger partial charge in [-0.05, 0) is 37.1 Å². The summed E-state index contributed by atoms with van der Waals surface area (Å²) in [6.07, 6.45) is 6.62. The highest BCUT2D eigenvalue weighted by atomic mass is 16.5. The zero-order chi connectivity index (χ0) is 27.8. The van der Waals surface area contributed by atoms with E-state index in [1.54, 1.807) is 54.8 Å². The molecule has 0 fully saturated rings. The Bertz CT molecular complexity index is 1220. The van der Waals surface area contributed by atoms with Crippen LogP contribution in [0.1, 0.15) is 81.5 Å². The average Bonchev–Trinajstić information content (AvgIpc) is 3.55. The summed E-state index contributed by atoms with van der Waals surface area (Å²) in [6.45, 7) is 4.69. The minimum Gasteiger partial charge on any atom is -0.461 e. The molecular weight excluding hydrogens is 490 g/mol. The van der Waals surface area contributed by atoms with Crippen LogP contribution >= 0.6 is 0 Å². The Kier molecular flexibility index (Phi) is 9.53. The summed E-state index contributed by atoms with van der Waals surface area (Å²) in [7, 11) is 4.99. The fourth-order valence-electron chi connectivity index (χ4n) is 3.80. The summed E-state index contributed by atoms with van der Waals surface area (Å²) in [6, 6.07) is 6.16. The van der Waals surface area contributed by atoms with Gasteiger partial charge in [-0.25, -0.2) is 9.59 Å². The molecule has 204 valence electrons. The van der Waals surface area contributed by atoms with E-state index in [9.17, 15) is 19.2 Å². The Hall–Kier alpha value is -4.28. The Labute approximate surface area is 221 Å². The molecule has 0 radical (unpaired) electrons. The lowest BCUT2D eigenvalue weighted by Gasteiger charge is -2.08. The van der Waals surface area contributed by atoms with Crippen LogP contribution in [-0.4, -0.2) is 50.7 Å². The number of amides is 2. The molecule has 0 aliphatic heterocycles. The largest absolute Gasteiger partial charge is 0.461 e. The topological polar surface area (TPSA) is 126 Å². The lowest BCUT2D eigenvalue weighted by atomic mass is 10.3. The molecule has 11 heteroatoms. The smallest absolute Gasteiger partial charge is 0.355 e. The summed E-state index contributed by atoms with van der Waals surface area (Å²) in [5.41, 5.74) is 1.99. The number of anilines is 2. The molecule has 3 rings (SSSR count). The first-order valence-electron chi connectivity index (χ1n) is 12.6. The van der Waals surface area contributed by atoms with Crippen molar-refractivity contribution in [2.24, 2.45) is 21.1 Å². The van der Waals surface area contributed by atoms with Gasteiger partial charge in [-0.1, -0.05) is 26.7 Å². The van der Waals surface area contributed by atoms with E-state index in [-0.39, 0.29) is 11.4 Å². The van der Waals surface area contributed by atoms with E-state index in [0.29, 0.717) is 36.0 Å². The molecule has 2 N–H and O–H groups in total. The van der Waals surface area contributed by atoms with Gasteiger partial charge in [0.15, 0.2) is 0 Å². The third kappa shape index (κ3) is 6.72. The molecule has 0 atom stereocenters. The van der Waals surface area contributed by atoms with E-state index in [1.807, 2.05) is 13.8 Å². The van der Waals surface area contributed by atoms with Crippen molar-refractivity contribution in [2.45, 2.75) is 39.5 Å². The average molecular weight is 526 g/mol. The van der Waals surface area contributed by atoms with E-state index in [4.69, 9.17) is 9.47 Å². The van der Waals surface area contributed by atoms with Gasteiger partial charge in [0.25, 0.3) is 11.8 Å². The summed E-state index contributed by atoms with van der Waals surface area (Å²) in [5.74, 6) is -1.81. The Morgan fingerprint density at radius 2 is 1.08 bits per heavy atom. The van der Waals surface area contributed by atoms with Crippen LogP contribution in [0.4, 0.5) is 11.4 Å². The zero-order valence-electron chi connectivity index (χ0n) is 22.5. The van der Waals surface area contributed by atoms with Crippen molar-refractivity contribution in [1.82, 2.24) is 13.7 Å². The predicted molar refractivity (Wildman–Crippen MR) is 143 cm³/mol. The van der Waals surface area contributed by atoms with E-state index in [0.717, 1.165) is 25.7 Å². The van der Waals surface area contributed by atoms with Gasteiger partial charge in [-0.2, -0.15) is 0 Å². The number of nitrogens with one attached hydrogen (secondary N) is 2. The number of aromatic nitrogens is 3. The van der Waals surface area contributed by atoms with Crippen molar-refractivity contribution in [1.29, 1.82) is 0 Å². The van der Waals surface area contributed by atoms with Crippen LogP contribution in [0.25, 0.3) is 0 Å². The SMILES string of the molecule is CCCCOC(=O)c1cc(NC(=O)c2ccc(C(=O)Nc3cc(C(=O)OCCCC)n(C)c3)n2C)cn1C. The fourth-order valence-corrected chi connectivity index (χ4v) is 3.80. The maximum atomic E-state index is 12.9. The van der Waals surface area contributed by atoms with Crippen LogP contribution in [0.15, 0.2) is 36.7 Å². The van der Waals surface area contributed by atoms with Gasteiger partial charge in [0.2, 0.25) is 0 Å². The highest BCUT2D eigenvalue weighted by Gasteiger charge is 2.21. The van der Waals surface area contributed by atoms with E-state index < -0.39 is 23.8 Å². The molecule has 0 saturated heterocycles. The Balaban J connectivity index is 1.65. The monoisotopic (exact) mass is 525 g/mol. The third-order valence-electron chi connectivity index (χ3n) is 5.99. The highest BCUT2D eigenvalue weighted by Crippen LogP contribution is 2.19. The van der Waals surface area contributed by atoms with Crippen LogP contribution in [0.3, 0.4) is 0 Å². The minimum absolute atomic E-state index is 0.249. The fraction of sp³-hybridized carbons (Fsp3) is 0.407. The van der Waals surface area contributed by atoms with Crippen LogP contribution in [-0.2, 0) is 30.6 Å². The summed E-state index contributed by atoms with van der Waals surface area (Å²) < 4.78 is 15.1. The molecule has 0 unspecified atom stereocenters. The number of carbonyl (C=O) groups is 4. The predicted octanol–water partition coefficient (Wildman–Crippen LogP) is 4.12. The summed E-state index contributed by atoms with van der Waals surface area (Å²) >= 11 is 0. The molecule has 3 aromatic heterocycles. The molecule has 0 aromatic carbocycles. The molecule has 0 aliphatic carbocycles. The highest BCUT2D eigenvalue weighted by molar-refractivity contribution is 6.08. The molecule has 2 amide bonds. The molecule has 0 aliphatic rings. The van der Waals surface area contributed by atoms with Gasteiger partial charge in [0.1, 0.15) is 22.8 Å². The first kappa shape index (κ1) is 28.3. The van der Waals surface area contributed by atoms with Crippen LogP contribution in [0, 0.1) is 0 Å². The second-order valence-corrected chi connectivity index (χ2v) is 9.00. The van der Waals surface area contributed by atoms with Gasteiger partial charge in [-0.3, -0.25) is 9.59 Å². The van der Waals surface area contributed by atoms with Crippen molar-refractivity contribution < 1.29 is 28.7 Å². The van der Waals surface area contributed by atoms with Crippen LogP contribution < -0.4 is 10.6 Å².